The summed E-state index contributed by atoms with van der Waals surface area (Å²) in [6.07, 6.45) is 2.75. The standard InChI is InChI=1S/C12H19N5O2/c1-3-13-10(18)8-16(2)11(19)9-7-17-6-4-5-14-12(17)15-9/h7H,3-6,8H2,1-2H3,(H,13,18)(H,14,15). The lowest BCUT2D eigenvalue weighted by Crippen LogP contribution is -2.38. The van der Waals surface area contributed by atoms with Gasteiger partial charge >= 0.3 is 0 Å². The molecule has 0 atom stereocenters. The predicted octanol–water partition coefficient (Wildman–Crippen LogP) is -0.0932. The Balaban J connectivity index is 2.02. The summed E-state index contributed by atoms with van der Waals surface area (Å²) < 4.78 is 1.93. The normalized spacial score (nSPS) is 13.4. The van der Waals surface area contributed by atoms with Crippen LogP contribution >= 0.6 is 0 Å². The summed E-state index contributed by atoms with van der Waals surface area (Å²) in [6, 6.07) is 0. The number of fused-ring (bicyclic) bond motifs is 1. The molecule has 1 aliphatic heterocycles. The molecule has 0 spiro atoms. The van der Waals surface area contributed by atoms with Crippen LogP contribution in [0.15, 0.2) is 6.20 Å². The van der Waals surface area contributed by atoms with Gasteiger partial charge in [-0.05, 0) is 13.3 Å². The Morgan fingerprint density at radius 1 is 1.58 bits per heavy atom. The molecule has 0 unspecified atom stereocenters. The number of carbonyl (C=O) groups excluding carboxylic acids is 2. The number of nitrogens with one attached hydrogen (secondary N) is 2. The van der Waals surface area contributed by atoms with E-state index >= 15 is 0 Å². The Labute approximate surface area is 112 Å². The van der Waals surface area contributed by atoms with Gasteiger partial charge in [0.1, 0.15) is 5.69 Å². The number of hydrogen-bond donors (Lipinski definition) is 2. The quantitative estimate of drug-likeness (QED) is 0.797. The van der Waals surface area contributed by atoms with Crippen LogP contribution in [0.2, 0.25) is 0 Å². The van der Waals surface area contributed by atoms with Crippen LogP contribution in [-0.2, 0) is 11.3 Å². The van der Waals surface area contributed by atoms with E-state index < -0.39 is 0 Å². The molecule has 19 heavy (non-hydrogen) atoms. The van der Waals surface area contributed by atoms with Gasteiger partial charge in [0.15, 0.2) is 0 Å². The smallest absolute Gasteiger partial charge is 0.274 e. The van der Waals surface area contributed by atoms with E-state index in [1.54, 1.807) is 13.2 Å². The molecule has 7 nitrogen and oxygen atoms in total. The van der Waals surface area contributed by atoms with Crippen molar-refractivity contribution in [1.82, 2.24) is 19.8 Å². The molecule has 2 N–H and O–H groups in total. The minimum Gasteiger partial charge on any atom is -0.356 e. The number of likely N-dealkylation sites (N-methyl/N-ethyl adjacent to an activating group) is 2. The fraction of sp³-hybridized carbons (Fsp3) is 0.583. The lowest BCUT2D eigenvalue weighted by Gasteiger charge is -2.14. The highest BCUT2D eigenvalue weighted by Gasteiger charge is 2.20. The van der Waals surface area contributed by atoms with Gasteiger partial charge in [0.25, 0.3) is 5.91 Å². The number of imidazole rings is 1. The number of aromatic nitrogens is 2. The number of anilines is 1. The van der Waals surface area contributed by atoms with Crippen LogP contribution in [-0.4, -0.2) is 52.9 Å². The minimum absolute atomic E-state index is 0.0439. The molecule has 2 amide bonds. The molecule has 0 aromatic carbocycles. The molecule has 2 heterocycles. The average Bonchev–Trinajstić information content (AvgIpc) is 2.81. The Morgan fingerprint density at radius 2 is 2.37 bits per heavy atom. The van der Waals surface area contributed by atoms with Gasteiger partial charge < -0.3 is 20.1 Å². The maximum absolute atomic E-state index is 12.1. The molecule has 1 aromatic rings. The number of aryl methyl sites for hydroxylation is 1. The maximum Gasteiger partial charge on any atom is 0.274 e. The van der Waals surface area contributed by atoms with Crippen LogP contribution in [0.3, 0.4) is 0 Å². The third kappa shape index (κ3) is 3.04. The van der Waals surface area contributed by atoms with Gasteiger partial charge in [-0.2, -0.15) is 0 Å². The zero-order valence-corrected chi connectivity index (χ0v) is 11.3. The van der Waals surface area contributed by atoms with Crippen molar-refractivity contribution in [1.29, 1.82) is 0 Å². The second kappa shape index (κ2) is 5.73. The van der Waals surface area contributed by atoms with Crippen molar-refractivity contribution in [3.05, 3.63) is 11.9 Å². The number of hydrogen-bond acceptors (Lipinski definition) is 4. The second-order valence-electron chi connectivity index (χ2n) is 4.54. The van der Waals surface area contributed by atoms with Crippen LogP contribution in [0.4, 0.5) is 5.95 Å². The van der Waals surface area contributed by atoms with Gasteiger partial charge in [-0.25, -0.2) is 4.98 Å². The summed E-state index contributed by atoms with van der Waals surface area (Å²) in [5, 5.41) is 5.80. The van der Waals surface area contributed by atoms with Gasteiger partial charge in [-0.1, -0.05) is 0 Å². The lowest BCUT2D eigenvalue weighted by atomic mass is 10.3. The molecule has 0 aliphatic carbocycles. The fourth-order valence-corrected chi connectivity index (χ4v) is 2.02. The van der Waals surface area contributed by atoms with E-state index in [0.29, 0.717) is 12.2 Å². The Kier molecular flexibility index (Phi) is 4.03. The first-order chi connectivity index (χ1) is 9.11. The molecule has 0 saturated carbocycles. The van der Waals surface area contributed by atoms with Crippen LogP contribution in [0, 0.1) is 0 Å². The van der Waals surface area contributed by atoms with Crippen molar-refractivity contribution < 1.29 is 9.59 Å². The highest BCUT2D eigenvalue weighted by Crippen LogP contribution is 2.14. The molecule has 2 rings (SSSR count). The third-order valence-corrected chi connectivity index (χ3v) is 2.96. The number of carbonyl (C=O) groups is 2. The molecule has 0 radical (unpaired) electrons. The molecular weight excluding hydrogens is 246 g/mol. The van der Waals surface area contributed by atoms with Crippen molar-refractivity contribution in [3.63, 3.8) is 0 Å². The Bertz CT molecular complexity index is 459. The van der Waals surface area contributed by atoms with Crippen molar-refractivity contribution >= 4 is 17.8 Å². The molecule has 0 fully saturated rings. The van der Waals surface area contributed by atoms with Crippen molar-refractivity contribution in [2.24, 2.45) is 0 Å². The summed E-state index contributed by atoms with van der Waals surface area (Å²) in [5.74, 6) is 0.316. The fourth-order valence-electron chi connectivity index (χ4n) is 2.02. The highest BCUT2D eigenvalue weighted by molar-refractivity contribution is 5.95. The number of nitrogens with zero attached hydrogens (tertiary/aromatic N) is 3. The molecule has 1 aromatic heterocycles. The predicted molar refractivity (Wildman–Crippen MR) is 71.0 cm³/mol. The maximum atomic E-state index is 12.1. The Morgan fingerprint density at radius 3 is 3.05 bits per heavy atom. The lowest BCUT2D eigenvalue weighted by molar-refractivity contribution is -0.121. The first kappa shape index (κ1) is 13.4. The summed E-state index contributed by atoms with van der Waals surface area (Å²) in [5.41, 5.74) is 0.371. The van der Waals surface area contributed by atoms with Gasteiger partial charge in [-0.3, -0.25) is 9.59 Å². The van der Waals surface area contributed by atoms with Crippen LogP contribution in [0.1, 0.15) is 23.8 Å². The molecule has 0 bridgehead atoms. The summed E-state index contributed by atoms with van der Waals surface area (Å²) in [7, 11) is 1.60. The monoisotopic (exact) mass is 265 g/mol. The average molecular weight is 265 g/mol. The van der Waals surface area contributed by atoms with E-state index in [0.717, 1.165) is 25.5 Å². The molecule has 0 saturated heterocycles. The van der Waals surface area contributed by atoms with E-state index in [1.165, 1.54) is 4.90 Å². The van der Waals surface area contributed by atoms with Gasteiger partial charge in [0, 0.05) is 32.9 Å². The summed E-state index contributed by atoms with van der Waals surface area (Å²) in [4.78, 5) is 29.2. The number of rotatable bonds is 4. The SMILES string of the molecule is CCNC(=O)CN(C)C(=O)c1cn2c(n1)NCCC2. The van der Waals surface area contributed by atoms with Crippen LogP contribution in [0.25, 0.3) is 0 Å². The Hall–Kier alpha value is -2.05. The molecular formula is C12H19N5O2. The van der Waals surface area contributed by atoms with Crippen molar-refractivity contribution in [3.8, 4) is 0 Å². The molecule has 1 aliphatic rings. The molecule has 104 valence electrons. The first-order valence-corrected chi connectivity index (χ1v) is 6.45. The highest BCUT2D eigenvalue weighted by atomic mass is 16.2. The second-order valence-corrected chi connectivity index (χ2v) is 4.54. The van der Waals surface area contributed by atoms with Crippen molar-refractivity contribution in [2.45, 2.75) is 19.9 Å². The van der Waals surface area contributed by atoms with Gasteiger partial charge in [0.2, 0.25) is 11.9 Å². The first-order valence-electron chi connectivity index (χ1n) is 6.45. The van der Waals surface area contributed by atoms with E-state index in [9.17, 15) is 9.59 Å². The largest absolute Gasteiger partial charge is 0.356 e. The minimum atomic E-state index is -0.241. The van der Waals surface area contributed by atoms with E-state index in [2.05, 4.69) is 15.6 Å². The van der Waals surface area contributed by atoms with Gasteiger partial charge in [0.05, 0.1) is 6.54 Å². The van der Waals surface area contributed by atoms with E-state index in [-0.39, 0.29) is 18.4 Å². The van der Waals surface area contributed by atoms with Crippen molar-refractivity contribution in [2.75, 3.05) is 32.0 Å². The van der Waals surface area contributed by atoms with E-state index in [4.69, 9.17) is 0 Å². The van der Waals surface area contributed by atoms with E-state index in [1.807, 2.05) is 11.5 Å². The van der Waals surface area contributed by atoms with Crippen LogP contribution in [0.5, 0.6) is 0 Å². The summed E-state index contributed by atoms with van der Waals surface area (Å²) in [6.45, 7) is 4.18. The third-order valence-electron chi connectivity index (χ3n) is 2.96. The number of amides is 2. The van der Waals surface area contributed by atoms with Gasteiger partial charge in [-0.15, -0.1) is 0 Å². The summed E-state index contributed by atoms with van der Waals surface area (Å²) >= 11 is 0. The molecule has 7 heteroatoms. The topological polar surface area (TPSA) is 79.3 Å². The zero-order valence-electron chi connectivity index (χ0n) is 11.3. The zero-order chi connectivity index (χ0) is 13.8. The van der Waals surface area contributed by atoms with Crippen LogP contribution < -0.4 is 10.6 Å².